The summed E-state index contributed by atoms with van der Waals surface area (Å²) in [6.07, 6.45) is 1.67. The zero-order chi connectivity index (χ0) is 15.8. The van der Waals surface area contributed by atoms with Gasteiger partial charge in [0.2, 0.25) is 0 Å². The largest absolute Gasteiger partial charge is 0.491 e. The molecule has 1 heterocycles. The quantitative estimate of drug-likeness (QED) is 0.407. The number of nitrogens with one attached hydrogen (secondary N) is 1. The van der Waals surface area contributed by atoms with E-state index in [1.54, 1.807) is 12.1 Å². The lowest BCUT2D eigenvalue weighted by molar-refractivity contribution is 0.114. The van der Waals surface area contributed by atoms with Crippen LogP contribution in [0.2, 0.25) is 0 Å². The van der Waals surface area contributed by atoms with Crippen molar-refractivity contribution in [3.05, 3.63) is 30.1 Å². The first-order chi connectivity index (χ1) is 10.7. The number of ether oxygens (including phenoxy) is 1. The molecule has 130 valence electrons. The van der Waals surface area contributed by atoms with Gasteiger partial charge in [0, 0.05) is 19.6 Å². The topological polar surface area (TPSA) is 57.1 Å². The number of hydrogen-bond donors (Lipinski definition) is 2. The molecule has 7 heteroatoms. The van der Waals surface area contributed by atoms with E-state index in [9.17, 15) is 9.50 Å². The van der Waals surface area contributed by atoms with Crippen molar-refractivity contribution in [1.29, 1.82) is 0 Å². The molecule has 0 aromatic heterocycles. The van der Waals surface area contributed by atoms with E-state index in [2.05, 4.69) is 15.2 Å². The highest BCUT2D eigenvalue weighted by Gasteiger charge is 2.16. The Hall–Kier alpha value is -1.09. The van der Waals surface area contributed by atoms with E-state index in [0.29, 0.717) is 5.75 Å². The Morgan fingerprint density at radius 2 is 2.00 bits per heavy atom. The molecule has 1 aromatic rings. The fourth-order valence-electron chi connectivity index (χ4n) is 2.32. The van der Waals surface area contributed by atoms with E-state index in [-0.39, 0.29) is 42.9 Å². The number of likely N-dealkylation sites (tertiary alicyclic amines) is 1. The molecule has 1 unspecified atom stereocenters. The first kappa shape index (κ1) is 20.0. The van der Waals surface area contributed by atoms with Crippen molar-refractivity contribution >= 4 is 29.9 Å². The molecular weight excluding hydrogens is 412 g/mol. The Kier molecular flexibility index (Phi) is 9.23. The Bertz CT molecular complexity index is 479. The van der Waals surface area contributed by atoms with Crippen LogP contribution in [0.5, 0.6) is 5.75 Å². The highest BCUT2D eigenvalue weighted by atomic mass is 127. The number of aliphatic hydroxyl groups is 1. The average Bonchev–Trinajstić information content (AvgIpc) is 3.05. The number of aliphatic hydroxyl groups excluding tert-OH is 1. The van der Waals surface area contributed by atoms with Gasteiger partial charge in [-0.15, -0.1) is 24.0 Å². The zero-order valence-electron chi connectivity index (χ0n) is 13.4. The van der Waals surface area contributed by atoms with E-state index in [1.165, 1.54) is 25.0 Å². The molecule has 0 aliphatic carbocycles. The van der Waals surface area contributed by atoms with Crippen molar-refractivity contribution in [2.75, 3.05) is 32.8 Å². The van der Waals surface area contributed by atoms with Crippen molar-refractivity contribution in [2.24, 2.45) is 4.99 Å². The smallest absolute Gasteiger partial charge is 0.194 e. The van der Waals surface area contributed by atoms with Crippen molar-refractivity contribution in [3.8, 4) is 5.75 Å². The Balaban J connectivity index is 0.00000264. The maximum Gasteiger partial charge on any atom is 0.194 e. The second kappa shape index (κ2) is 10.6. The van der Waals surface area contributed by atoms with E-state index >= 15 is 0 Å². The third-order valence-corrected chi connectivity index (χ3v) is 3.45. The summed E-state index contributed by atoms with van der Waals surface area (Å²) in [5.41, 5.74) is 0. The summed E-state index contributed by atoms with van der Waals surface area (Å²) in [6.45, 7) is 5.26. The summed E-state index contributed by atoms with van der Waals surface area (Å²) in [7, 11) is 0. The van der Waals surface area contributed by atoms with Gasteiger partial charge in [0.1, 0.15) is 24.3 Å². The lowest BCUT2D eigenvalue weighted by atomic mass is 10.3. The maximum absolute atomic E-state index is 12.8. The molecule has 2 rings (SSSR count). The monoisotopic (exact) mass is 437 g/mol. The third-order valence-electron chi connectivity index (χ3n) is 3.45. The molecule has 1 aromatic carbocycles. The second-order valence-corrected chi connectivity index (χ2v) is 5.31. The minimum Gasteiger partial charge on any atom is -0.491 e. The highest BCUT2D eigenvalue weighted by Crippen LogP contribution is 2.11. The van der Waals surface area contributed by atoms with Gasteiger partial charge in [0.05, 0.1) is 6.54 Å². The molecule has 1 aliphatic rings. The molecule has 0 radical (unpaired) electrons. The number of rotatable bonds is 6. The van der Waals surface area contributed by atoms with Crippen LogP contribution in [0.15, 0.2) is 29.3 Å². The Morgan fingerprint density at radius 3 is 2.61 bits per heavy atom. The number of aliphatic imine (C=N–C) groups is 1. The second-order valence-electron chi connectivity index (χ2n) is 5.31. The molecule has 0 bridgehead atoms. The summed E-state index contributed by atoms with van der Waals surface area (Å²) in [4.78, 5) is 6.67. The van der Waals surface area contributed by atoms with Crippen LogP contribution in [0.3, 0.4) is 0 Å². The van der Waals surface area contributed by atoms with Gasteiger partial charge in [0.25, 0.3) is 0 Å². The minimum atomic E-state index is -0.693. The number of guanidine groups is 1. The fraction of sp³-hybridized carbons (Fsp3) is 0.562. The fourth-order valence-corrected chi connectivity index (χ4v) is 2.32. The molecule has 1 aliphatic heterocycles. The van der Waals surface area contributed by atoms with Crippen LogP contribution in [-0.2, 0) is 0 Å². The number of nitrogens with zero attached hydrogens (tertiary/aromatic N) is 2. The predicted molar refractivity (Wildman–Crippen MR) is 100 cm³/mol. The Morgan fingerprint density at radius 1 is 1.35 bits per heavy atom. The molecule has 0 amide bonds. The minimum absolute atomic E-state index is 0. The summed E-state index contributed by atoms with van der Waals surface area (Å²) in [5, 5.41) is 13.2. The van der Waals surface area contributed by atoms with Crippen LogP contribution >= 0.6 is 24.0 Å². The summed E-state index contributed by atoms with van der Waals surface area (Å²) in [6, 6.07) is 5.74. The molecule has 1 atom stereocenters. The SMILES string of the molecule is CCNC(=NCC(O)COc1ccc(F)cc1)N1CCCC1.I. The summed E-state index contributed by atoms with van der Waals surface area (Å²) < 4.78 is 18.2. The zero-order valence-corrected chi connectivity index (χ0v) is 15.7. The van der Waals surface area contributed by atoms with E-state index in [0.717, 1.165) is 25.6 Å². The molecular formula is C16H25FIN3O2. The lowest BCUT2D eigenvalue weighted by Crippen LogP contribution is -2.40. The van der Waals surface area contributed by atoms with Crippen LogP contribution in [-0.4, -0.2) is 54.9 Å². The molecule has 1 saturated heterocycles. The normalized spacial score (nSPS) is 16.0. The van der Waals surface area contributed by atoms with Gasteiger partial charge in [-0.2, -0.15) is 0 Å². The molecule has 1 fully saturated rings. The van der Waals surface area contributed by atoms with Crippen LogP contribution in [0.1, 0.15) is 19.8 Å². The van der Waals surface area contributed by atoms with Gasteiger partial charge in [-0.05, 0) is 44.0 Å². The van der Waals surface area contributed by atoms with Gasteiger partial charge in [-0.3, -0.25) is 4.99 Å². The first-order valence-corrected chi connectivity index (χ1v) is 7.78. The van der Waals surface area contributed by atoms with E-state index in [4.69, 9.17) is 4.74 Å². The summed E-state index contributed by atoms with van der Waals surface area (Å²) >= 11 is 0. The standard InChI is InChI=1S/C16H24FN3O2.HI/c1-2-18-16(20-9-3-4-10-20)19-11-14(21)12-22-15-7-5-13(17)6-8-15;/h5-8,14,21H,2-4,9-12H2,1H3,(H,18,19);1H. The highest BCUT2D eigenvalue weighted by molar-refractivity contribution is 14.0. The molecule has 5 nitrogen and oxygen atoms in total. The predicted octanol–water partition coefficient (Wildman–Crippen LogP) is 2.24. The van der Waals surface area contributed by atoms with Gasteiger partial charge in [0.15, 0.2) is 5.96 Å². The van der Waals surface area contributed by atoms with Crippen LogP contribution < -0.4 is 10.1 Å². The van der Waals surface area contributed by atoms with Crippen LogP contribution in [0.4, 0.5) is 4.39 Å². The van der Waals surface area contributed by atoms with Crippen LogP contribution in [0.25, 0.3) is 0 Å². The van der Waals surface area contributed by atoms with Crippen molar-refractivity contribution in [2.45, 2.75) is 25.9 Å². The molecule has 23 heavy (non-hydrogen) atoms. The summed E-state index contributed by atoms with van der Waals surface area (Å²) in [5.74, 6) is 1.08. The van der Waals surface area contributed by atoms with E-state index < -0.39 is 6.10 Å². The van der Waals surface area contributed by atoms with Gasteiger partial charge in [-0.1, -0.05) is 0 Å². The average molecular weight is 437 g/mol. The first-order valence-electron chi connectivity index (χ1n) is 7.78. The van der Waals surface area contributed by atoms with Crippen molar-refractivity contribution in [1.82, 2.24) is 10.2 Å². The third kappa shape index (κ3) is 6.90. The van der Waals surface area contributed by atoms with Crippen LogP contribution in [0, 0.1) is 5.82 Å². The molecule has 0 saturated carbocycles. The van der Waals surface area contributed by atoms with Gasteiger partial charge >= 0.3 is 0 Å². The molecule has 2 N–H and O–H groups in total. The Labute approximate surface area is 153 Å². The maximum atomic E-state index is 12.8. The van der Waals surface area contributed by atoms with E-state index in [1.807, 2.05) is 6.92 Å². The molecule has 0 spiro atoms. The number of halogens is 2. The number of benzene rings is 1. The lowest BCUT2D eigenvalue weighted by Gasteiger charge is -2.21. The van der Waals surface area contributed by atoms with Crippen molar-refractivity contribution in [3.63, 3.8) is 0 Å². The van der Waals surface area contributed by atoms with Gasteiger partial charge in [-0.25, -0.2) is 4.39 Å². The van der Waals surface area contributed by atoms with Gasteiger partial charge < -0.3 is 20.1 Å². The van der Waals surface area contributed by atoms with Crippen molar-refractivity contribution < 1.29 is 14.2 Å². The number of hydrogen-bond acceptors (Lipinski definition) is 3.